The quantitative estimate of drug-likeness (QED) is 0.780. The van der Waals surface area contributed by atoms with Crippen LogP contribution in [0, 0.1) is 6.92 Å². The van der Waals surface area contributed by atoms with Gasteiger partial charge in [0.25, 0.3) is 0 Å². The van der Waals surface area contributed by atoms with Crippen molar-refractivity contribution in [1.29, 1.82) is 0 Å². The van der Waals surface area contributed by atoms with Crippen molar-refractivity contribution in [1.82, 2.24) is 9.97 Å². The summed E-state index contributed by atoms with van der Waals surface area (Å²) in [6.45, 7) is 2.86. The third-order valence-corrected chi connectivity index (χ3v) is 3.67. The normalized spacial score (nSPS) is 10.6. The minimum Gasteiger partial charge on any atom is -0.496 e. The fourth-order valence-corrected chi connectivity index (χ4v) is 2.53. The lowest BCUT2D eigenvalue weighted by molar-refractivity contribution is 0.410. The molecule has 0 aliphatic heterocycles. The molecule has 112 valence electrons. The SMILES string of the molecule is COc1ccccc1CCNc1ncnc2cc(C)ccc12. The monoisotopic (exact) mass is 293 g/mol. The standard InChI is InChI=1S/C18H19N3O/c1-13-7-8-15-16(11-13)20-12-21-18(15)19-10-9-14-5-3-4-6-17(14)22-2/h3-8,11-12H,9-10H2,1-2H3,(H,19,20,21). The Morgan fingerprint density at radius 2 is 1.95 bits per heavy atom. The number of nitrogens with one attached hydrogen (secondary N) is 1. The summed E-state index contributed by atoms with van der Waals surface area (Å²) in [4.78, 5) is 8.68. The number of anilines is 1. The van der Waals surface area contributed by atoms with Gasteiger partial charge in [-0.2, -0.15) is 0 Å². The van der Waals surface area contributed by atoms with Crippen LogP contribution in [0.4, 0.5) is 5.82 Å². The Labute approximate surface area is 130 Å². The summed E-state index contributed by atoms with van der Waals surface area (Å²) < 4.78 is 5.38. The van der Waals surface area contributed by atoms with Crippen molar-refractivity contribution in [2.75, 3.05) is 19.0 Å². The van der Waals surface area contributed by atoms with Crippen molar-refractivity contribution >= 4 is 16.7 Å². The van der Waals surface area contributed by atoms with E-state index in [1.54, 1.807) is 13.4 Å². The first kappa shape index (κ1) is 14.3. The van der Waals surface area contributed by atoms with E-state index in [1.807, 2.05) is 18.2 Å². The number of benzene rings is 2. The van der Waals surface area contributed by atoms with Gasteiger partial charge in [-0.3, -0.25) is 0 Å². The summed E-state index contributed by atoms with van der Waals surface area (Å²) in [7, 11) is 1.70. The van der Waals surface area contributed by atoms with E-state index < -0.39 is 0 Å². The van der Waals surface area contributed by atoms with Gasteiger partial charge in [0, 0.05) is 11.9 Å². The van der Waals surface area contributed by atoms with Crippen molar-refractivity contribution in [2.45, 2.75) is 13.3 Å². The lowest BCUT2D eigenvalue weighted by atomic mass is 10.1. The zero-order valence-electron chi connectivity index (χ0n) is 12.8. The lowest BCUT2D eigenvalue weighted by Crippen LogP contribution is -2.08. The van der Waals surface area contributed by atoms with Crippen LogP contribution in [0.5, 0.6) is 5.75 Å². The van der Waals surface area contributed by atoms with Crippen LogP contribution in [-0.4, -0.2) is 23.6 Å². The molecule has 1 aromatic heterocycles. The van der Waals surface area contributed by atoms with Gasteiger partial charge in [0.15, 0.2) is 0 Å². The number of methoxy groups -OCH3 is 1. The maximum Gasteiger partial charge on any atom is 0.137 e. The Morgan fingerprint density at radius 3 is 2.82 bits per heavy atom. The predicted octanol–water partition coefficient (Wildman–Crippen LogP) is 3.60. The minimum absolute atomic E-state index is 0.792. The molecule has 3 rings (SSSR count). The second kappa shape index (κ2) is 6.43. The van der Waals surface area contributed by atoms with Gasteiger partial charge in [-0.05, 0) is 42.7 Å². The molecular formula is C18H19N3O. The molecule has 22 heavy (non-hydrogen) atoms. The molecule has 2 aromatic carbocycles. The summed E-state index contributed by atoms with van der Waals surface area (Å²) in [6, 6.07) is 14.3. The highest BCUT2D eigenvalue weighted by atomic mass is 16.5. The van der Waals surface area contributed by atoms with Crippen LogP contribution in [0.2, 0.25) is 0 Å². The van der Waals surface area contributed by atoms with Crippen LogP contribution in [-0.2, 0) is 6.42 Å². The number of fused-ring (bicyclic) bond motifs is 1. The molecule has 0 saturated heterocycles. The molecule has 0 aliphatic rings. The molecule has 0 amide bonds. The number of para-hydroxylation sites is 1. The number of aromatic nitrogens is 2. The predicted molar refractivity (Wildman–Crippen MR) is 89.5 cm³/mol. The van der Waals surface area contributed by atoms with Gasteiger partial charge in [-0.25, -0.2) is 9.97 Å². The van der Waals surface area contributed by atoms with Gasteiger partial charge in [-0.1, -0.05) is 24.3 Å². The average molecular weight is 293 g/mol. The molecule has 4 nitrogen and oxygen atoms in total. The first-order valence-electron chi connectivity index (χ1n) is 7.35. The second-order valence-corrected chi connectivity index (χ2v) is 5.23. The van der Waals surface area contributed by atoms with E-state index in [9.17, 15) is 0 Å². The molecule has 0 fully saturated rings. The van der Waals surface area contributed by atoms with E-state index >= 15 is 0 Å². The molecule has 0 spiro atoms. The third kappa shape index (κ3) is 3.01. The first-order chi connectivity index (χ1) is 10.8. The topological polar surface area (TPSA) is 47.0 Å². The maximum absolute atomic E-state index is 5.38. The highest BCUT2D eigenvalue weighted by Gasteiger charge is 2.05. The Bertz CT molecular complexity index is 786. The van der Waals surface area contributed by atoms with Crippen LogP contribution in [0.1, 0.15) is 11.1 Å². The molecule has 0 bridgehead atoms. The average Bonchev–Trinajstić information content (AvgIpc) is 2.55. The van der Waals surface area contributed by atoms with Gasteiger partial charge in [0.2, 0.25) is 0 Å². The molecule has 0 radical (unpaired) electrons. The van der Waals surface area contributed by atoms with Crippen molar-refractivity contribution in [2.24, 2.45) is 0 Å². The van der Waals surface area contributed by atoms with Gasteiger partial charge >= 0.3 is 0 Å². The van der Waals surface area contributed by atoms with E-state index in [-0.39, 0.29) is 0 Å². The number of nitrogens with zero attached hydrogens (tertiary/aromatic N) is 2. The summed E-state index contributed by atoms with van der Waals surface area (Å²) in [5.41, 5.74) is 3.35. The fourth-order valence-electron chi connectivity index (χ4n) is 2.53. The van der Waals surface area contributed by atoms with Gasteiger partial charge in [0.05, 0.1) is 12.6 Å². The maximum atomic E-state index is 5.38. The zero-order valence-corrected chi connectivity index (χ0v) is 12.8. The van der Waals surface area contributed by atoms with E-state index in [1.165, 1.54) is 11.1 Å². The van der Waals surface area contributed by atoms with E-state index in [4.69, 9.17) is 4.74 Å². The zero-order chi connectivity index (χ0) is 15.4. The second-order valence-electron chi connectivity index (χ2n) is 5.23. The van der Waals surface area contributed by atoms with Crippen molar-refractivity contribution < 1.29 is 4.74 Å². The summed E-state index contributed by atoms with van der Waals surface area (Å²) in [5.74, 6) is 1.80. The van der Waals surface area contributed by atoms with E-state index in [2.05, 4.69) is 46.5 Å². The highest BCUT2D eigenvalue weighted by Crippen LogP contribution is 2.21. The molecule has 0 saturated carbocycles. The number of ether oxygens (including phenoxy) is 1. The minimum atomic E-state index is 0.792. The molecule has 0 atom stereocenters. The van der Waals surface area contributed by atoms with E-state index in [0.717, 1.165) is 35.4 Å². The molecule has 4 heteroatoms. The summed E-state index contributed by atoms with van der Waals surface area (Å²) in [5, 5.41) is 4.45. The highest BCUT2D eigenvalue weighted by molar-refractivity contribution is 5.89. The van der Waals surface area contributed by atoms with Crippen LogP contribution in [0.15, 0.2) is 48.8 Å². The molecular weight excluding hydrogens is 274 g/mol. The summed E-state index contributed by atoms with van der Waals surface area (Å²) >= 11 is 0. The van der Waals surface area contributed by atoms with Gasteiger partial charge < -0.3 is 10.1 Å². The van der Waals surface area contributed by atoms with Crippen LogP contribution < -0.4 is 10.1 Å². The van der Waals surface area contributed by atoms with E-state index in [0.29, 0.717) is 0 Å². The van der Waals surface area contributed by atoms with Crippen molar-refractivity contribution in [3.63, 3.8) is 0 Å². The fraction of sp³-hybridized carbons (Fsp3) is 0.222. The number of hydrogen-bond donors (Lipinski definition) is 1. The molecule has 3 aromatic rings. The third-order valence-electron chi connectivity index (χ3n) is 3.67. The largest absolute Gasteiger partial charge is 0.496 e. The first-order valence-corrected chi connectivity index (χ1v) is 7.35. The Balaban J connectivity index is 1.74. The number of rotatable bonds is 5. The van der Waals surface area contributed by atoms with Crippen molar-refractivity contribution in [3.8, 4) is 5.75 Å². The van der Waals surface area contributed by atoms with Crippen LogP contribution in [0.3, 0.4) is 0 Å². The van der Waals surface area contributed by atoms with Gasteiger partial charge in [-0.15, -0.1) is 0 Å². The number of hydrogen-bond acceptors (Lipinski definition) is 4. The van der Waals surface area contributed by atoms with Gasteiger partial charge in [0.1, 0.15) is 17.9 Å². The molecule has 1 N–H and O–H groups in total. The van der Waals surface area contributed by atoms with Crippen LogP contribution >= 0.6 is 0 Å². The Morgan fingerprint density at radius 1 is 1.09 bits per heavy atom. The Hall–Kier alpha value is -2.62. The van der Waals surface area contributed by atoms with Crippen LogP contribution in [0.25, 0.3) is 10.9 Å². The Kier molecular flexibility index (Phi) is 4.19. The summed E-state index contributed by atoms with van der Waals surface area (Å²) in [6.07, 6.45) is 2.48. The molecule has 0 aliphatic carbocycles. The number of aryl methyl sites for hydroxylation is 1. The molecule has 1 heterocycles. The lowest BCUT2D eigenvalue weighted by Gasteiger charge is -2.10. The van der Waals surface area contributed by atoms with Crippen molar-refractivity contribution in [3.05, 3.63) is 59.9 Å². The molecule has 0 unspecified atom stereocenters. The smallest absolute Gasteiger partial charge is 0.137 e.